The Morgan fingerprint density at radius 3 is 2.61 bits per heavy atom. The Morgan fingerprint density at radius 2 is 1.73 bits per heavy atom. The monoisotopic (exact) mass is 545 g/mol. The fourth-order valence-electron chi connectivity index (χ4n) is 5.26. The number of likely N-dealkylation sites (N-methyl/N-ethyl adjacent to an activating group) is 1. The van der Waals surface area contributed by atoms with Crippen LogP contribution in [-0.4, -0.2) is 69.4 Å². The molecule has 0 saturated heterocycles. The minimum atomic E-state index is -0.0700. The van der Waals surface area contributed by atoms with Gasteiger partial charge in [-0.05, 0) is 58.5 Å². The number of hydrogen-bond donors (Lipinski definition) is 0. The van der Waals surface area contributed by atoms with Gasteiger partial charge in [-0.1, -0.05) is 36.4 Å². The number of amides is 2. The summed E-state index contributed by atoms with van der Waals surface area (Å²) in [6, 6.07) is 23.8. The molecule has 3 aromatic carbocycles. The molecule has 3 heterocycles. The van der Waals surface area contributed by atoms with E-state index in [1.807, 2.05) is 77.5 Å². The molecule has 8 heteroatoms. The van der Waals surface area contributed by atoms with Gasteiger partial charge < -0.3 is 19.1 Å². The molecule has 0 radical (unpaired) electrons. The molecule has 5 aromatic rings. The molecule has 2 amide bonds. The lowest BCUT2D eigenvalue weighted by atomic mass is 9.98. The molecular formula is C33H31N5O3. The van der Waals surface area contributed by atoms with Crippen LogP contribution in [0, 0.1) is 0 Å². The Bertz CT molecular complexity index is 1700. The molecule has 0 aliphatic carbocycles. The average Bonchev–Trinajstić information content (AvgIpc) is 3.41. The molecule has 206 valence electrons. The van der Waals surface area contributed by atoms with E-state index >= 15 is 0 Å². The number of hydrogen-bond acceptors (Lipinski definition) is 5. The third-order valence-electron chi connectivity index (χ3n) is 7.53. The summed E-state index contributed by atoms with van der Waals surface area (Å²) in [5.41, 5.74) is 5.53. The van der Waals surface area contributed by atoms with Crippen molar-refractivity contribution in [3.05, 3.63) is 114 Å². The van der Waals surface area contributed by atoms with E-state index in [4.69, 9.17) is 4.74 Å². The van der Waals surface area contributed by atoms with Crippen molar-refractivity contribution in [1.82, 2.24) is 24.3 Å². The van der Waals surface area contributed by atoms with Crippen molar-refractivity contribution in [1.29, 1.82) is 0 Å². The number of benzene rings is 3. The van der Waals surface area contributed by atoms with E-state index in [0.717, 1.165) is 38.9 Å². The molecule has 1 aliphatic heterocycles. The van der Waals surface area contributed by atoms with Crippen molar-refractivity contribution in [3.63, 3.8) is 0 Å². The SMILES string of the molecule is CN1CCN(C(=O)Cn2ccc3ccccc32)CCOc2ccc(-c3cncnc3)cc2Cc2cccc(c2)C1=O. The number of nitrogens with zero attached hydrogens (tertiary/aromatic N) is 5. The van der Waals surface area contributed by atoms with Gasteiger partial charge in [0.15, 0.2) is 0 Å². The van der Waals surface area contributed by atoms with Crippen molar-refractivity contribution in [2.24, 2.45) is 0 Å². The summed E-state index contributed by atoms with van der Waals surface area (Å²) in [5.74, 6) is 0.657. The fourth-order valence-corrected chi connectivity index (χ4v) is 5.26. The maximum Gasteiger partial charge on any atom is 0.253 e. The van der Waals surface area contributed by atoms with E-state index in [-0.39, 0.29) is 18.4 Å². The predicted octanol–water partition coefficient (Wildman–Crippen LogP) is 4.68. The van der Waals surface area contributed by atoms with E-state index in [0.29, 0.717) is 38.2 Å². The maximum absolute atomic E-state index is 13.6. The Morgan fingerprint density at radius 1 is 0.878 bits per heavy atom. The minimum Gasteiger partial charge on any atom is -0.491 e. The van der Waals surface area contributed by atoms with E-state index in [2.05, 4.69) is 16.0 Å². The van der Waals surface area contributed by atoms with E-state index in [9.17, 15) is 9.59 Å². The quantitative estimate of drug-likeness (QED) is 0.329. The highest BCUT2D eigenvalue weighted by molar-refractivity contribution is 5.94. The Kier molecular flexibility index (Phi) is 7.45. The van der Waals surface area contributed by atoms with Gasteiger partial charge in [0.05, 0.1) is 6.54 Å². The van der Waals surface area contributed by atoms with Crippen LogP contribution in [0.3, 0.4) is 0 Å². The second-order valence-electron chi connectivity index (χ2n) is 10.3. The smallest absolute Gasteiger partial charge is 0.253 e. The molecule has 0 saturated carbocycles. The van der Waals surface area contributed by atoms with E-state index in [1.54, 1.807) is 29.2 Å². The zero-order valence-electron chi connectivity index (χ0n) is 22.9. The highest BCUT2D eigenvalue weighted by atomic mass is 16.5. The number of carbonyl (C=O) groups excluding carboxylic acids is 2. The summed E-state index contributed by atoms with van der Waals surface area (Å²) in [4.78, 5) is 38.7. The van der Waals surface area contributed by atoms with Crippen LogP contribution in [0.15, 0.2) is 97.7 Å². The number of para-hydroxylation sites is 1. The molecule has 2 bridgehead atoms. The van der Waals surface area contributed by atoms with Gasteiger partial charge in [-0.25, -0.2) is 9.97 Å². The lowest BCUT2D eigenvalue weighted by Gasteiger charge is -2.27. The van der Waals surface area contributed by atoms with Gasteiger partial charge in [0.2, 0.25) is 5.91 Å². The second-order valence-corrected chi connectivity index (χ2v) is 10.3. The van der Waals surface area contributed by atoms with Crippen LogP contribution in [0.5, 0.6) is 5.75 Å². The van der Waals surface area contributed by atoms with E-state index < -0.39 is 0 Å². The summed E-state index contributed by atoms with van der Waals surface area (Å²) in [5, 5.41) is 1.09. The van der Waals surface area contributed by atoms with Crippen LogP contribution >= 0.6 is 0 Å². The molecule has 8 nitrogen and oxygen atoms in total. The number of ether oxygens (including phenoxy) is 1. The summed E-state index contributed by atoms with van der Waals surface area (Å²) >= 11 is 0. The maximum atomic E-state index is 13.6. The number of aromatic nitrogens is 3. The van der Waals surface area contributed by atoms with Crippen LogP contribution in [0.25, 0.3) is 22.0 Å². The molecule has 0 unspecified atom stereocenters. The molecule has 1 aliphatic rings. The van der Waals surface area contributed by atoms with Crippen LogP contribution in [0.1, 0.15) is 21.5 Å². The third kappa shape index (κ3) is 5.82. The Hall–Kier alpha value is -4.98. The highest BCUT2D eigenvalue weighted by Gasteiger charge is 2.20. The van der Waals surface area contributed by atoms with Gasteiger partial charge in [-0.3, -0.25) is 9.59 Å². The predicted molar refractivity (Wildman–Crippen MR) is 158 cm³/mol. The first-order chi connectivity index (χ1) is 20.0. The second kappa shape index (κ2) is 11.6. The van der Waals surface area contributed by atoms with Crippen LogP contribution in [-0.2, 0) is 17.8 Å². The van der Waals surface area contributed by atoms with Gasteiger partial charge in [-0.2, -0.15) is 0 Å². The zero-order chi connectivity index (χ0) is 28.2. The molecule has 0 N–H and O–H groups in total. The molecule has 2 aromatic heterocycles. The van der Waals surface area contributed by atoms with Crippen LogP contribution in [0.2, 0.25) is 0 Å². The first-order valence-electron chi connectivity index (χ1n) is 13.7. The van der Waals surface area contributed by atoms with E-state index in [1.165, 1.54) is 6.33 Å². The molecule has 6 rings (SSSR count). The van der Waals surface area contributed by atoms with Crippen molar-refractivity contribution < 1.29 is 14.3 Å². The van der Waals surface area contributed by atoms with Crippen molar-refractivity contribution in [3.8, 4) is 16.9 Å². The topological polar surface area (TPSA) is 80.6 Å². The largest absolute Gasteiger partial charge is 0.491 e. The van der Waals surface area contributed by atoms with Crippen LogP contribution in [0.4, 0.5) is 0 Å². The summed E-state index contributed by atoms with van der Waals surface area (Å²) in [6.07, 6.45) is 7.61. The Labute approximate surface area is 238 Å². The molecule has 0 atom stereocenters. The first kappa shape index (κ1) is 26.3. The molecule has 41 heavy (non-hydrogen) atoms. The lowest BCUT2D eigenvalue weighted by Crippen LogP contribution is -2.42. The number of fused-ring (bicyclic) bond motifs is 4. The summed E-state index contributed by atoms with van der Waals surface area (Å²) < 4.78 is 8.28. The fraction of sp³-hybridized carbons (Fsp3) is 0.212. The van der Waals surface area contributed by atoms with Crippen LogP contribution < -0.4 is 4.74 Å². The lowest BCUT2D eigenvalue weighted by molar-refractivity contribution is -0.132. The first-order valence-corrected chi connectivity index (χ1v) is 13.7. The minimum absolute atomic E-state index is 0.0236. The van der Waals surface area contributed by atoms with Crippen molar-refractivity contribution >= 4 is 22.7 Å². The average molecular weight is 546 g/mol. The third-order valence-corrected chi connectivity index (χ3v) is 7.53. The van der Waals surface area contributed by atoms with Gasteiger partial charge >= 0.3 is 0 Å². The van der Waals surface area contributed by atoms with Crippen molar-refractivity contribution in [2.75, 3.05) is 33.3 Å². The highest BCUT2D eigenvalue weighted by Crippen LogP contribution is 2.29. The summed E-state index contributed by atoms with van der Waals surface area (Å²) in [7, 11) is 1.78. The van der Waals surface area contributed by atoms with Gasteiger partial charge in [0, 0.05) is 61.8 Å². The Balaban J connectivity index is 1.30. The van der Waals surface area contributed by atoms with Gasteiger partial charge in [-0.15, -0.1) is 0 Å². The molecular weight excluding hydrogens is 514 g/mol. The van der Waals surface area contributed by atoms with Crippen molar-refractivity contribution in [2.45, 2.75) is 13.0 Å². The van der Waals surface area contributed by atoms with Gasteiger partial charge in [0.25, 0.3) is 5.91 Å². The molecule has 0 spiro atoms. The normalized spacial score (nSPS) is 14.3. The zero-order valence-corrected chi connectivity index (χ0v) is 22.9. The number of carbonyl (C=O) groups is 2. The molecule has 0 fully saturated rings. The number of rotatable bonds is 3. The standard InChI is InChI=1S/C33H31N5O3/c1-36-13-14-37(32(39)22-38-12-11-25-6-2-3-8-30(25)38)15-16-41-31-10-9-26(29-20-34-23-35-21-29)19-28(31)18-24-5-4-7-27(17-24)33(36)40/h2-12,17,19-21,23H,13-16,18,22H2,1H3. The summed E-state index contributed by atoms with van der Waals surface area (Å²) in [6.45, 7) is 1.77. The van der Waals surface area contributed by atoms with Gasteiger partial charge in [0.1, 0.15) is 25.2 Å².